The maximum absolute atomic E-state index is 13.5. The number of benzene rings is 1. The molecule has 96 valence electrons. The minimum atomic E-state index is -0.479. The van der Waals surface area contributed by atoms with Crippen LogP contribution in [-0.4, -0.2) is 4.98 Å². The minimum Gasteiger partial charge on any atom is -0.324 e. The zero-order valence-corrected chi connectivity index (χ0v) is 11.2. The summed E-state index contributed by atoms with van der Waals surface area (Å²) in [6, 6.07) is 9.38. The van der Waals surface area contributed by atoms with E-state index in [0.717, 1.165) is 26.8 Å². The maximum Gasteiger partial charge on any atom is 0.213 e. The molecule has 19 heavy (non-hydrogen) atoms. The van der Waals surface area contributed by atoms with Gasteiger partial charge in [0.05, 0.1) is 0 Å². The largest absolute Gasteiger partial charge is 0.324 e. The van der Waals surface area contributed by atoms with Crippen molar-refractivity contribution in [2.24, 2.45) is 5.73 Å². The number of hydrogen-bond acceptors (Lipinski definition) is 3. The number of pyridine rings is 1. The summed E-state index contributed by atoms with van der Waals surface area (Å²) in [6.07, 6.45) is 1.53. The monoisotopic (exact) mass is 272 g/mol. The van der Waals surface area contributed by atoms with E-state index in [2.05, 4.69) is 17.1 Å². The molecule has 2 nitrogen and oxygen atoms in total. The highest BCUT2D eigenvalue weighted by molar-refractivity contribution is 7.17. The Balaban J connectivity index is 2.32. The van der Waals surface area contributed by atoms with E-state index in [1.54, 1.807) is 11.3 Å². The molecule has 0 bridgehead atoms. The second-order valence-electron chi connectivity index (χ2n) is 4.53. The summed E-state index contributed by atoms with van der Waals surface area (Å²) in [5, 5.41) is 3.20. The fourth-order valence-electron chi connectivity index (χ4n) is 2.24. The van der Waals surface area contributed by atoms with E-state index in [1.165, 1.54) is 12.3 Å². The first kappa shape index (κ1) is 12.3. The van der Waals surface area contributed by atoms with E-state index in [9.17, 15) is 4.39 Å². The van der Waals surface area contributed by atoms with Crippen LogP contribution in [0.5, 0.6) is 0 Å². The predicted octanol–water partition coefficient (Wildman–Crippen LogP) is 4.12. The molecule has 0 aliphatic carbocycles. The van der Waals surface area contributed by atoms with E-state index in [0.29, 0.717) is 0 Å². The maximum atomic E-state index is 13.5. The number of nitrogens with two attached hydrogens (primary N) is 1. The van der Waals surface area contributed by atoms with E-state index < -0.39 is 5.95 Å². The SMILES string of the molecule is CC(N)c1cnc(F)cc1-c1cccc2ccsc12. The summed E-state index contributed by atoms with van der Waals surface area (Å²) in [4.78, 5) is 3.71. The molecule has 0 spiro atoms. The molecule has 0 radical (unpaired) electrons. The summed E-state index contributed by atoms with van der Waals surface area (Å²) >= 11 is 1.65. The molecule has 0 saturated heterocycles. The van der Waals surface area contributed by atoms with Gasteiger partial charge in [0.25, 0.3) is 0 Å². The molecule has 0 aliphatic rings. The first-order valence-corrected chi connectivity index (χ1v) is 6.92. The number of fused-ring (bicyclic) bond motifs is 1. The molecular weight excluding hydrogens is 259 g/mol. The van der Waals surface area contributed by atoms with Crippen LogP contribution in [0.4, 0.5) is 4.39 Å². The van der Waals surface area contributed by atoms with Crippen LogP contribution in [0.3, 0.4) is 0 Å². The van der Waals surface area contributed by atoms with Gasteiger partial charge in [0.2, 0.25) is 5.95 Å². The van der Waals surface area contributed by atoms with Crippen molar-refractivity contribution in [1.29, 1.82) is 0 Å². The number of thiophene rings is 1. The summed E-state index contributed by atoms with van der Waals surface area (Å²) in [7, 11) is 0. The first-order valence-electron chi connectivity index (χ1n) is 6.04. The van der Waals surface area contributed by atoms with Crippen molar-refractivity contribution in [3.63, 3.8) is 0 Å². The molecule has 2 N–H and O–H groups in total. The highest BCUT2D eigenvalue weighted by Crippen LogP contribution is 2.35. The summed E-state index contributed by atoms with van der Waals surface area (Å²) in [5.41, 5.74) is 8.67. The number of nitrogens with zero attached hydrogens (tertiary/aromatic N) is 1. The highest BCUT2D eigenvalue weighted by atomic mass is 32.1. The van der Waals surface area contributed by atoms with Crippen LogP contribution in [-0.2, 0) is 0 Å². The molecule has 2 aromatic heterocycles. The van der Waals surface area contributed by atoms with Crippen molar-refractivity contribution in [3.05, 3.63) is 53.4 Å². The van der Waals surface area contributed by atoms with Gasteiger partial charge in [-0.05, 0) is 34.9 Å². The normalized spacial score (nSPS) is 12.8. The third-order valence-corrected chi connectivity index (χ3v) is 4.12. The topological polar surface area (TPSA) is 38.9 Å². The van der Waals surface area contributed by atoms with Crippen LogP contribution in [0.25, 0.3) is 21.2 Å². The Morgan fingerprint density at radius 2 is 2.11 bits per heavy atom. The minimum absolute atomic E-state index is 0.182. The molecule has 1 unspecified atom stereocenters. The van der Waals surface area contributed by atoms with Crippen LogP contribution < -0.4 is 5.73 Å². The van der Waals surface area contributed by atoms with Gasteiger partial charge in [-0.25, -0.2) is 4.98 Å². The smallest absolute Gasteiger partial charge is 0.213 e. The third kappa shape index (κ3) is 2.13. The highest BCUT2D eigenvalue weighted by Gasteiger charge is 2.13. The lowest BCUT2D eigenvalue weighted by atomic mass is 9.97. The van der Waals surface area contributed by atoms with Gasteiger partial charge in [0, 0.05) is 28.6 Å². The standard InChI is InChI=1S/C15H13FN2S/c1-9(17)13-8-18-14(16)7-12(13)11-4-2-3-10-5-6-19-15(10)11/h2-9H,17H2,1H3. The third-order valence-electron chi connectivity index (χ3n) is 3.16. The number of rotatable bonds is 2. The lowest BCUT2D eigenvalue weighted by Crippen LogP contribution is -2.08. The van der Waals surface area contributed by atoms with Crippen LogP contribution in [0, 0.1) is 5.95 Å². The molecular formula is C15H13FN2S. The average molecular weight is 272 g/mol. The Hall–Kier alpha value is -1.78. The van der Waals surface area contributed by atoms with Gasteiger partial charge in [-0.15, -0.1) is 11.3 Å². The zero-order valence-electron chi connectivity index (χ0n) is 10.4. The fourth-order valence-corrected chi connectivity index (χ4v) is 3.17. The van der Waals surface area contributed by atoms with Crippen molar-refractivity contribution in [2.45, 2.75) is 13.0 Å². The Kier molecular flexibility index (Phi) is 3.05. The average Bonchev–Trinajstić information content (AvgIpc) is 2.86. The van der Waals surface area contributed by atoms with Gasteiger partial charge >= 0.3 is 0 Å². The molecule has 3 rings (SSSR count). The molecule has 1 atom stereocenters. The Morgan fingerprint density at radius 1 is 1.26 bits per heavy atom. The van der Waals surface area contributed by atoms with Crippen molar-refractivity contribution >= 4 is 21.4 Å². The van der Waals surface area contributed by atoms with Crippen LogP contribution >= 0.6 is 11.3 Å². The summed E-state index contributed by atoms with van der Waals surface area (Å²) in [5.74, 6) is -0.479. The molecule has 0 fully saturated rings. The lowest BCUT2D eigenvalue weighted by Gasteiger charge is -2.13. The van der Waals surface area contributed by atoms with Crippen molar-refractivity contribution in [1.82, 2.24) is 4.98 Å². The van der Waals surface area contributed by atoms with E-state index >= 15 is 0 Å². The van der Waals surface area contributed by atoms with E-state index in [-0.39, 0.29) is 6.04 Å². The molecule has 4 heteroatoms. The van der Waals surface area contributed by atoms with E-state index in [4.69, 9.17) is 5.73 Å². The fraction of sp³-hybridized carbons (Fsp3) is 0.133. The van der Waals surface area contributed by atoms with E-state index in [1.807, 2.05) is 24.4 Å². The Labute approximate surface area is 114 Å². The summed E-state index contributed by atoms with van der Waals surface area (Å²) < 4.78 is 14.6. The molecule has 0 amide bonds. The van der Waals surface area contributed by atoms with Crippen molar-refractivity contribution < 1.29 is 4.39 Å². The first-order chi connectivity index (χ1) is 9.16. The second kappa shape index (κ2) is 4.72. The van der Waals surface area contributed by atoms with Gasteiger partial charge < -0.3 is 5.73 Å². The molecule has 3 aromatic rings. The van der Waals surface area contributed by atoms with Crippen molar-refractivity contribution in [3.8, 4) is 11.1 Å². The van der Waals surface area contributed by atoms with Crippen LogP contribution in [0.1, 0.15) is 18.5 Å². The van der Waals surface area contributed by atoms with Gasteiger partial charge in [-0.3, -0.25) is 0 Å². The van der Waals surface area contributed by atoms with Crippen LogP contribution in [0.2, 0.25) is 0 Å². The van der Waals surface area contributed by atoms with Gasteiger partial charge in [0.1, 0.15) is 0 Å². The lowest BCUT2D eigenvalue weighted by molar-refractivity contribution is 0.581. The van der Waals surface area contributed by atoms with Crippen LogP contribution in [0.15, 0.2) is 41.9 Å². The Morgan fingerprint density at radius 3 is 2.89 bits per heavy atom. The molecule has 0 aliphatic heterocycles. The molecule has 0 saturated carbocycles. The van der Waals surface area contributed by atoms with Gasteiger partial charge in [-0.2, -0.15) is 4.39 Å². The number of hydrogen-bond donors (Lipinski definition) is 1. The number of aromatic nitrogens is 1. The van der Waals surface area contributed by atoms with Crippen molar-refractivity contribution in [2.75, 3.05) is 0 Å². The zero-order chi connectivity index (χ0) is 13.4. The summed E-state index contributed by atoms with van der Waals surface area (Å²) in [6.45, 7) is 1.88. The molecule has 1 aromatic carbocycles. The molecule has 2 heterocycles. The number of halogens is 1. The quantitative estimate of drug-likeness (QED) is 0.713. The van der Waals surface area contributed by atoms with Gasteiger partial charge in [0.15, 0.2) is 0 Å². The van der Waals surface area contributed by atoms with Gasteiger partial charge in [-0.1, -0.05) is 18.2 Å². The second-order valence-corrected chi connectivity index (χ2v) is 5.44. The predicted molar refractivity (Wildman–Crippen MR) is 77.6 cm³/mol. The Bertz CT molecular complexity index is 734.